The Hall–Kier alpha value is -4.50. The quantitative estimate of drug-likeness (QED) is 0.330. The molecule has 0 radical (unpaired) electrons. The molecule has 0 bridgehead atoms. The summed E-state index contributed by atoms with van der Waals surface area (Å²) < 4.78 is 10.8. The lowest BCUT2D eigenvalue weighted by Gasteiger charge is -2.42. The second kappa shape index (κ2) is 10.3. The van der Waals surface area contributed by atoms with Gasteiger partial charge in [-0.3, -0.25) is 24.1 Å². The molecule has 220 valence electrons. The zero-order valence-electron chi connectivity index (χ0n) is 24.0. The van der Waals surface area contributed by atoms with Crippen LogP contribution < -0.4 is 14.5 Å². The molecule has 2 aromatic rings. The van der Waals surface area contributed by atoms with E-state index in [0.717, 1.165) is 24.4 Å². The summed E-state index contributed by atoms with van der Waals surface area (Å²) in [5.41, 5.74) is 4.23. The van der Waals surface area contributed by atoms with Crippen LogP contribution in [0.2, 0.25) is 0 Å². The Labute approximate surface area is 249 Å². The number of allylic oxidation sites excluding steroid dienone is 6. The molecule has 9 nitrogen and oxygen atoms in total. The molecule has 0 spiro atoms. The monoisotopic (exact) mass is 580 g/mol. The van der Waals surface area contributed by atoms with Gasteiger partial charge in [0.15, 0.2) is 23.1 Å². The van der Waals surface area contributed by atoms with Gasteiger partial charge in [0.05, 0.1) is 37.8 Å². The summed E-state index contributed by atoms with van der Waals surface area (Å²) in [4.78, 5) is 58.4. The van der Waals surface area contributed by atoms with E-state index in [4.69, 9.17) is 9.47 Å². The molecule has 4 atom stereocenters. The van der Waals surface area contributed by atoms with Crippen molar-refractivity contribution < 1.29 is 33.8 Å². The number of imide groups is 1. The fraction of sp³-hybridized carbons (Fsp3) is 0.353. The molecule has 7 rings (SSSR count). The van der Waals surface area contributed by atoms with Crippen LogP contribution in [0.1, 0.15) is 31.2 Å². The first kappa shape index (κ1) is 27.3. The number of carbonyl (C=O) groups is 4. The molecule has 2 saturated heterocycles. The molecule has 0 aromatic heterocycles. The van der Waals surface area contributed by atoms with E-state index in [-0.39, 0.29) is 41.3 Å². The Morgan fingerprint density at radius 3 is 2.37 bits per heavy atom. The number of aromatic hydroxyl groups is 1. The molecule has 5 aliphatic rings. The zero-order chi connectivity index (χ0) is 30.0. The smallest absolute Gasteiger partial charge is 0.238 e. The summed E-state index contributed by atoms with van der Waals surface area (Å²) in [7, 11) is 1.45. The molecule has 3 aliphatic carbocycles. The largest absolute Gasteiger partial charge is 0.504 e. The Morgan fingerprint density at radius 1 is 0.930 bits per heavy atom. The summed E-state index contributed by atoms with van der Waals surface area (Å²) in [6.07, 6.45) is 3.94. The van der Waals surface area contributed by atoms with Crippen LogP contribution in [0.5, 0.6) is 11.5 Å². The van der Waals surface area contributed by atoms with Crippen LogP contribution in [-0.4, -0.2) is 61.9 Å². The number of Topliss-reactive ketones (excluding diaryl/α,β-unsaturated/α-hetero) is 1. The maximum Gasteiger partial charge on any atom is 0.238 e. The van der Waals surface area contributed by atoms with Crippen LogP contribution in [0.15, 0.2) is 76.9 Å². The van der Waals surface area contributed by atoms with E-state index in [1.54, 1.807) is 19.1 Å². The van der Waals surface area contributed by atoms with E-state index in [1.165, 1.54) is 24.2 Å². The van der Waals surface area contributed by atoms with E-state index < -0.39 is 23.7 Å². The van der Waals surface area contributed by atoms with E-state index in [2.05, 4.69) is 4.90 Å². The zero-order valence-corrected chi connectivity index (χ0v) is 24.0. The van der Waals surface area contributed by atoms with Gasteiger partial charge < -0.3 is 19.5 Å². The number of ketones is 2. The fourth-order valence-electron chi connectivity index (χ4n) is 7.52. The first-order chi connectivity index (χ1) is 20.8. The number of ether oxygens (including phenoxy) is 2. The number of carbonyl (C=O) groups excluding carboxylic acids is 4. The van der Waals surface area contributed by atoms with Gasteiger partial charge in [-0.1, -0.05) is 17.7 Å². The number of morpholine rings is 1. The number of phenolic OH excluding ortho intramolecular Hbond substituents is 1. The topological polar surface area (TPSA) is 113 Å². The third kappa shape index (κ3) is 4.25. The molecular formula is C34H32N2O7. The molecule has 1 N–H and O–H groups in total. The minimum Gasteiger partial charge on any atom is -0.504 e. The first-order valence-corrected chi connectivity index (χ1v) is 14.7. The SMILES string of the molecule is COc1cc([C@H]2C3=CC[C@@H]4C(=O)N(c5ccc(N6CCOCC6)cc5)C(=O)[C@@H]4[C@@H]3CC3=C2C(=O)C=C(C)C3=O)ccc1O. The van der Waals surface area contributed by atoms with Gasteiger partial charge in [-0.05, 0) is 73.7 Å². The van der Waals surface area contributed by atoms with Gasteiger partial charge in [0.25, 0.3) is 0 Å². The molecular weight excluding hydrogens is 548 g/mol. The fourth-order valence-corrected chi connectivity index (χ4v) is 7.52. The second-order valence-corrected chi connectivity index (χ2v) is 11.8. The van der Waals surface area contributed by atoms with Crippen LogP contribution >= 0.6 is 0 Å². The van der Waals surface area contributed by atoms with Gasteiger partial charge in [0, 0.05) is 41.4 Å². The Balaban J connectivity index is 1.27. The lowest BCUT2D eigenvalue weighted by molar-refractivity contribution is -0.123. The van der Waals surface area contributed by atoms with Gasteiger partial charge in [0.1, 0.15) is 0 Å². The van der Waals surface area contributed by atoms with Crippen LogP contribution in [0.25, 0.3) is 0 Å². The van der Waals surface area contributed by atoms with Crippen molar-refractivity contribution in [3.8, 4) is 11.5 Å². The lowest BCUT2D eigenvalue weighted by Crippen LogP contribution is -2.39. The minimum atomic E-state index is -0.656. The maximum absolute atomic E-state index is 14.2. The lowest BCUT2D eigenvalue weighted by atomic mass is 9.59. The normalized spacial score (nSPS) is 27.0. The molecule has 2 heterocycles. The summed E-state index contributed by atoms with van der Waals surface area (Å²) in [6.45, 7) is 4.50. The highest BCUT2D eigenvalue weighted by Crippen LogP contribution is 2.55. The predicted molar refractivity (Wildman–Crippen MR) is 158 cm³/mol. The molecule has 2 aliphatic heterocycles. The number of rotatable bonds is 4. The van der Waals surface area contributed by atoms with E-state index in [0.29, 0.717) is 47.6 Å². The highest BCUT2D eigenvalue weighted by molar-refractivity contribution is 6.25. The predicted octanol–water partition coefficient (Wildman–Crippen LogP) is 3.87. The third-order valence-electron chi connectivity index (χ3n) is 9.58. The molecule has 9 heteroatoms. The molecule has 2 fully saturated rings. The van der Waals surface area contributed by atoms with Gasteiger partial charge in [-0.2, -0.15) is 0 Å². The number of methoxy groups -OCH3 is 1. The first-order valence-electron chi connectivity index (χ1n) is 14.7. The summed E-state index contributed by atoms with van der Waals surface area (Å²) in [5, 5.41) is 10.3. The van der Waals surface area contributed by atoms with E-state index in [1.807, 2.05) is 30.3 Å². The Morgan fingerprint density at radius 2 is 1.65 bits per heavy atom. The highest BCUT2D eigenvalue weighted by atomic mass is 16.5. The van der Waals surface area contributed by atoms with Gasteiger partial charge in [-0.15, -0.1) is 0 Å². The number of hydrogen-bond donors (Lipinski definition) is 1. The maximum atomic E-state index is 14.2. The number of phenols is 1. The number of fused-ring (bicyclic) bond motifs is 3. The molecule has 0 unspecified atom stereocenters. The van der Waals surface area contributed by atoms with E-state index >= 15 is 0 Å². The number of nitrogens with zero attached hydrogens (tertiary/aromatic N) is 2. The molecule has 2 aromatic carbocycles. The standard InChI is InChI=1S/C34H32N2O7/c1-18-15-27(38)31-25(32(18)39)17-24-22(29(31)19-3-10-26(37)28(16-19)42-2)8-9-23-30(24)34(41)36(33(23)40)21-6-4-20(5-7-21)35-11-13-43-14-12-35/h3-8,10,15-16,23-24,29-30,37H,9,11-14,17H2,1-2H3/t23-,24+,29-,30-/m0/s1. The van der Waals surface area contributed by atoms with Crippen molar-refractivity contribution >= 4 is 34.8 Å². The van der Waals surface area contributed by atoms with Crippen LogP contribution in [0.3, 0.4) is 0 Å². The van der Waals surface area contributed by atoms with Crippen molar-refractivity contribution in [3.05, 3.63) is 82.5 Å². The number of benzene rings is 2. The Bertz CT molecular complexity index is 1660. The van der Waals surface area contributed by atoms with Gasteiger partial charge in [-0.25, -0.2) is 0 Å². The summed E-state index contributed by atoms with van der Waals surface area (Å²) in [6, 6.07) is 12.4. The van der Waals surface area contributed by atoms with E-state index in [9.17, 15) is 24.3 Å². The number of amides is 2. The summed E-state index contributed by atoms with van der Waals surface area (Å²) >= 11 is 0. The van der Waals surface area contributed by atoms with Crippen LogP contribution in [0.4, 0.5) is 11.4 Å². The van der Waals surface area contributed by atoms with Gasteiger partial charge in [0.2, 0.25) is 11.8 Å². The van der Waals surface area contributed by atoms with Crippen molar-refractivity contribution in [2.45, 2.75) is 25.7 Å². The highest BCUT2D eigenvalue weighted by Gasteiger charge is 2.56. The number of hydrogen-bond acceptors (Lipinski definition) is 8. The summed E-state index contributed by atoms with van der Waals surface area (Å²) in [5.74, 6) is -3.00. The van der Waals surface area contributed by atoms with Crippen molar-refractivity contribution in [3.63, 3.8) is 0 Å². The Kier molecular flexibility index (Phi) is 6.58. The van der Waals surface area contributed by atoms with Crippen molar-refractivity contribution in [2.75, 3.05) is 43.2 Å². The molecule has 43 heavy (non-hydrogen) atoms. The second-order valence-electron chi connectivity index (χ2n) is 11.8. The molecule has 2 amide bonds. The third-order valence-corrected chi connectivity index (χ3v) is 9.58. The van der Waals surface area contributed by atoms with Crippen LogP contribution in [0, 0.1) is 17.8 Å². The van der Waals surface area contributed by atoms with Crippen molar-refractivity contribution in [2.24, 2.45) is 17.8 Å². The van der Waals surface area contributed by atoms with Crippen molar-refractivity contribution in [1.82, 2.24) is 0 Å². The average Bonchev–Trinajstić information content (AvgIpc) is 3.29. The number of anilines is 2. The van der Waals surface area contributed by atoms with Gasteiger partial charge >= 0.3 is 0 Å². The minimum absolute atomic E-state index is 0.0425. The molecule has 0 saturated carbocycles. The van der Waals surface area contributed by atoms with Crippen LogP contribution in [-0.2, 0) is 23.9 Å². The van der Waals surface area contributed by atoms with Crippen molar-refractivity contribution in [1.29, 1.82) is 0 Å². The average molecular weight is 581 g/mol.